The topological polar surface area (TPSA) is 72.9 Å². The quantitative estimate of drug-likeness (QED) is 0.700. The summed E-state index contributed by atoms with van der Waals surface area (Å²) in [5.41, 5.74) is -0.726. The minimum Gasteiger partial charge on any atom is -0.389 e. The molecule has 0 spiro atoms. The molecule has 2 rings (SSSR count). The highest BCUT2D eigenvalue weighted by atomic mass is 32.2. The van der Waals surface area contributed by atoms with Gasteiger partial charge >= 0.3 is 0 Å². The van der Waals surface area contributed by atoms with E-state index in [0.717, 1.165) is 6.54 Å². The van der Waals surface area contributed by atoms with E-state index >= 15 is 0 Å². The van der Waals surface area contributed by atoms with Crippen LogP contribution in [0.15, 0.2) is 0 Å². The number of hydrogen-bond acceptors (Lipinski definition) is 5. The van der Waals surface area contributed by atoms with Crippen LogP contribution in [0.5, 0.6) is 0 Å². The molecule has 0 aromatic rings. The molecule has 0 bridgehead atoms. The highest BCUT2D eigenvalue weighted by Crippen LogP contribution is 2.18. The standard InChI is InChI=1S/C12H25N3O3S/c1-12(2,16)10-14-5-7-15(8-6-14)19(17,18)11-3-4-13-9-11/h11,13,16H,3-10H2,1-2H3. The average Bonchev–Trinajstić information content (AvgIpc) is 2.81. The van der Waals surface area contributed by atoms with E-state index in [-0.39, 0.29) is 5.25 Å². The van der Waals surface area contributed by atoms with Crippen LogP contribution < -0.4 is 5.32 Å². The minimum atomic E-state index is -3.15. The molecule has 2 aliphatic heterocycles. The zero-order valence-corrected chi connectivity index (χ0v) is 12.6. The summed E-state index contributed by atoms with van der Waals surface area (Å²) in [5.74, 6) is 0. The lowest BCUT2D eigenvalue weighted by molar-refractivity contribution is 0.0262. The van der Waals surface area contributed by atoms with Gasteiger partial charge < -0.3 is 10.4 Å². The number of aliphatic hydroxyl groups is 1. The SMILES string of the molecule is CC(C)(O)CN1CCN(S(=O)(=O)C2CCNC2)CC1. The number of rotatable bonds is 4. The molecular formula is C12H25N3O3S. The van der Waals surface area contributed by atoms with Gasteiger partial charge in [-0.2, -0.15) is 4.31 Å². The van der Waals surface area contributed by atoms with Gasteiger partial charge in [0.05, 0.1) is 10.9 Å². The second-order valence-electron chi connectivity index (χ2n) is 6.15. The second-order valence-corrected chi connectivity index (χ2v) is 8.36. The number of nitrogens with one attached hydrogen (secondary N) is 1. The molecule has 112 valence electrons. The van der Waals surface area contributed by atoms with E-state index in [1.54, 1.807) is 18.2 Å². The first kappa shape index (κ1) is 15.2. The molecule has 1 unspecified atom stereocenters. The van der Waals surface area contributed by atoms with Gasteiger partial charge in [0.15, 0.2) is 0 Å². The van der Waals surface area contributed by atoms with Crippen LogP contribution in [0.2, 0.25) is 0 Å². The Bertz CT molecular complexity index is 391. The van der Waals surface area contributed by atoms with Crippen LogP contribution in [0.3, 0.4) is 0 Å². The zero-order valence-electron chi connectivity index (χ0n) is 11.8. The summed E-state index contributed by atoms with van der Waals surface area (Å²) in [5, 5.41) is 12.6. The Labute approximate surface area is 115 Å². The van der Waals surface area contributed by atoms with Crippen molar-refractivity contribution in [2.24, 2.45) is 0 Å². The van der Waals surface area contributed by atoms with Crippen molar-refractivity contribution in [3.63, 3.8) is 0 Å². The number of hydrogen-bond donors (Lipinski definition) is 2. The van der Waals surface area contributed by atoms with Crippen molar-refractivity contribution in [3.05, 3.63) is 0 Å². The summed E-state index contributed by atoms with van der Waals surface area (Å²) in [4.78, 5) is 2.12. The maximum absolute atomic E-state index is 12.4. The van der Waals surface area contributed by atoms with Crippen molar-refractivity contribution in [1.29, 1.82) is 0 Å². The molecule has 0 saturated carbocycles. The highest BCUT2D eigenvalue weighted by Gasteiger charge is 2.36. The molecule has 2 saturated heterocycles. The van der Waals surface area contributed by atoms with Crippen LogP contribution in [0, 0.1) is 0 Å². The summed E-state index contributed by atoms with van der Waals surface area (Å²) in [6.45, 7) is 7.98. The molecule has 0 aromatic heterocycles. The molecule has 1 atom stereocenters. The molecule has 2 N–H and O–H groups in total. The first-order valence-electron chi connectivity index (χ1n) is 6.93. The molecule has 7 heteroatoms. The lowest BCUT2D eigenvalue weighted by atomic mass is 10.1. The van der Waals surface area contributed by atoms with E-state index in [0.29, 0.717) is 45.7 Å². The molecular weight excluding hydrogens is 266 g/mol. The fourth-order valence-electron chi connectivity index (χ4n) is 2.78. The molecule has 0 aliphatic carbocycles. The van der Waals surface area contributed by atoms with Gasteiger partial charge in [0.2, 0.25) is 10.0 Å². The minimum absolute atomic E-state index is 0.256. The molecule has 0 radical (unpaired) electrons. The Morgan fingerprint density at radius 1 is 1.26 bits per heavy atom. The monoisotopic (exact) mass is 291 g/mol. The fraction of sp³-hybridized carbons (Fsp3) is 1.00. The number of sulfonamides is 1. The Morgan fingerprint density at radius 2 is 1.89 bits per heavy atom. The predicted octanol–water partition coefficient (Wildman–Crippen LogP) is -0.933. The van der Waals surface area contributed by atoms with Gasteiger partial charge in [-0.25, -0.2) is 8.42 Å². The molecule has 2 heterocycles. The summed E-state index contributed by atoms with van der Waals surface area (Å²) >= 11 is 0. The molecule has 6 nitrogen and oxygen atoms in total. The number of β-amino-alcohol motifs (C(OH)–C–C–N with tert-alkyl or cyclic N) is 1. The Morgan fingerprint density at radius 3 is 2.37 bits per heavy atom. The van der Waals surface area contributed by atoms with Crippen molar-refractivity contribution >= 4 is 10.0 Å². The van der Waals surface area contributed by atoms with Crippen molar-refractivity contribution < 1.29 is 13.5 Å². The van der Waals surface area contributed by atoms with Gasteiger partial charge in [-0.15, -0.1) is 0 Å². The molecule has 19 heavy (non-hydrogen) atoms. The zero-order chi connectivity index (χ0) is 14.1. The van der Waals surface area contributed by atoms with Crippen LogP contribution in [-0.2, 0) is 10.0 Å². The van der Waals surface area contributed by atoms with E-state index in [2.05, 4.69) is 10.2 Å². The van der Waals surface area contributed by atoms with Gasteiger partial charge in [0.1, 0.15) is 0 Å². The average molecular weight is 291 g/mol. The molecule has 0 amide bonds. The maximum atomic E-state index is 12.4. The first-order valence-corrected chi connectivity index (χ1v) is 8.44. The summed E-state index contributed by atoms with van der Waals surface area (Å²) < 4.78 is 26.4. The largest absolute Gasteiger partial charge is 0.389 e. The molecule has 0 aromatic carbocycles. The van der Waals surface area contributed by atoms with Gasteiger partial charge in [0, 0.05) is 39.3 Å². The van der Waals surface area contributed by atoms with Gasteiger partial charge in [-0.3, -0.25) is 4.90 Å². The van der Waals surface area contributed by atoms with Crippen LogP contribution in [-0.4, -0.2) is 79.4 Å². The maximum Gasteiger partial charge on any atom is 0.218 e. The second kappa shape index (κ2) is 5.65. The fourth-order valence-corrected chi connectivity index (χ4v) is 4.62. The predicted molar refractivity (Wildman–Crippen MR) is 74.5 cm³/mol. The Hall–Kier alpha value is -0.210. The van der Waals surface area contributed by atoms with Crippen molar-refractivity contribution in [2.75, 3.05) is 45.8 Å². The lowest BCUT2D eigenvalue weighted by Crippen LogP contribution is -2.53. The molecule has 2 aliphatic rings. The summed E-state index contributed by atoms with van der Waals surface area (Å²) in [7, 11) is -3.15. The molecule has 2 fully saturated rings. The third-order valence-corrected chi connectivity index (χ3v) is 6.07. The van der Waals surface area contributed by atoms with Crippen LogP contribution in [0.4, 0.5) is 0 Å². The van der Waals surface area contributed by atoms with E-state index in [9.17, 15) is 13.5 Å². The Balaban J connectivity index is 1.89. The van der Waals surface area contributed by atoms with Crippen LogP contribution >= 0.6 is 0 Å². The van der Waals surface area contributed by atoms with E-state index in [1.807, 2.05) is 0 Å². The van der Waals surface area contributed by atoms with Gasteiger partial charge in [-0.1, -0.05) is 0 Å². The Kier molecular flexibility index (Phi) is 4.52. The third-order valence-electron chi connectivity index (χ3n) is 3.74. The van der Waals surface area contributed by atoms with Crippen molar-refractivity contribution in [2.45, 2.75) is 31.1 Å². The van der Waals surface area contributed by atoms with E-state index in [4.69, 9.17) is 0 Å². The summed E-state index contributed by atoms with van der Waals surface area (Å²) in [6, 6.07) is 0. The van der Waals surface area contributed by atoms with Gasteiger partial charge in [0.25, 0.3) is 0 Å². The lowest BCUT2D eigenvalue weighted by Gasteiger charge is -2.37. The van der Waals surface area contributed by atoms with E-state index < -0.39 is 15.6 Å². The highest BCUT2D eigenvalue weighted by molar-refractivity contribution is 7.89. The number of piperazine rings is 1. The van der Waals surface area contributed by atoms with Crippen LogP contribution in [0.1, 0.15) is 20.3 Å². The first-order chi connectivity index (χ1) is 8.79. The van der Waals surface area contributed by atoms with Crippen LogP contribution in [0.25, 0.3) is 0 Å². The van der Waals surface area contributed by atoms with Crippen molar-refractivity contribution in [1.82, 2.24) is 14.5 Å². The summed E-state index contributed by atoms with van der Waals surface area (Å²) in [6.07, 6.45) is 0.715. The smallest absolute Gasteiger partial charge is 0.218 e. The van der Waals surface area contributed by atoms with Crippen molar-refractivity contribution in [3.8, 4) is 0 Å². The van der Waals surface area contributed by atoms with E-state index in [1.165, 1.54) is 0 Å². The normalized spacial score (nSPS) is 27.8. The van der Waals surface area contributed by atoms with Gasteiger partial charge in [-0.05, 0) is 26.8 Å². The third kappa shape index (κ3) is 3.88. The number of nitrogens with zero attached hydrogens (tertiary/aromatic N) is 2.